The van der Waals surface area contributed by atoms with E-state index < -0.39 is 0 Å². The molecule has 1 heterocycles. The number of hydrogen-bond acceptors (Lipinski definition) is 3. The molecular weight excluding hydrogens is 240 g/mol. The Bertz CT molecular complexity index is 369. The van der Waals surface area contributed by atoms with Crippen molar-refractivity contribution in [3.63, 3.8) is 0 Å². The zero-order valence-corrected chi connectivity index (χ0v) is 11.3. The second-order valence-corrected chi connectivity index (χ2v) is 5.02. The number of rotatable bonds is 7. The van der Waals surface area contributed by atoms with Gasteiger partial charge >= 0.3 is 0 Å². The summed E-state index contributed by atoms with van der Waals surface area (Å²) in [5, 5.41) is 0. The fourth-order valence-corrected chi connectivity index (χ4v) is 2.27. The Morgan fingerprint density at radius 1 is 1.21 bits per heavy atom. The van der Waals surface area contributed by atoms with Crippen LogP contribution >= 0.6 is 0 Å². The van der Waals surface area contributed by atoms with Gasteiger partial charge in [-0.05, 0) is 25.2 Å². The quantitative estimate of drug-likeness (QED) is 0.559. The summed E-state index contributed by atoms with van der Waals surface area (Å²) in [7, 11) is 0. The topological polar surface area (TPSA) is 35.5 Å². The Kier molecular flexibility index (Phi) is 6.05. The van der Waals surface area contributed by atoms with Crippen molar-refractivity contribution in [2.45, 2.75) is 25.7 Å². The van der Waals surface area contributed by atoms with Gasteiger partial charge in [0, 0.05) is 38.4 Å². The Hall–Kier alpha value is -1.19. The number of benzene rings is 1. The van der Waals surface area contributed by atoms with E-state index in [0.717, 1.165) is 44.6 Å². The summed E-state index contributed by atoms with van der Waals surface area (Å²) in [6.07, 6.45) is 3.57. The monoisotopic (exact) mass is 262 g/mol. The van der Waals surface area contributed by atoms with Crippen molar-refractivity contribution in [1.29, 1.82) is 0 Å². The van der Waals surface area contributed by atoms with E-state index in [-0.39, 0.29) is 5.78 Å². The minimum Gasteiger partial charge on any atom is -0.381 e. The molecule has 0 aromatic heterocycles. The third kappa shape index (κ3) is 5.13. The van der Waals surface area contributed by atoms with Crippen LogP contribution in [-0.2, 0) is 9.47 Å². The van der Waals surface area contributed by atoms with Crippen LogP contribution in [-0.4, -0.2) is 32.2 Å². The van der Waals surface area contributed by atoms with E-state index >= 15 is 0 Å². The Morgan fingerprint density at radius 3 is 2.68 bits per heavy atom. The second kappa shape index (κ2) is 8.08. The molecule has 0 unspecified atom stereocenters. The van der Waals surface area contributed by atoms with E-state index in [4.69, 9.17) is 9.47 Å². The van der Waals surface area contributed by atoms with E-state index in [0.29, 0.717) is 18.9 Å². The first kappa shape index (κ1) is 14.2. The van der Waals surface area contributed by atoms with Crippen molar-refractivity contribution < 1.29 is 14.3 Å². The van der Waals surface area contributed by atoms with Crippen molar-refractivity contribution in [2.24, 2.45) is 5.92 Å². The van der Waals surface area contributed by atoms with Crippen LogP contribution in [0.2, 0.25) is 0 Å². The van der Waals surface area contributed by atoms with Gasteiger partial charge in [-0.25, -0.2) is 0 Å². The molecule has 0 N–H and O–H groups in total. The summed E-state index contributed by atoms with van der Waals surface area (Å²) >= 11 is 0. The maximum atomic E-state index is 11.8. The first-order valence-electron chi connectivity index (χ1n) is 7.10. The molecule has 1 aromatic carbocycles. The number of carbonyl (C=O) groups excluding carboxylic acids is 1. The zero-order valence-electron chi connectivity index (χ0n) is 11.3. The Morgan fingerprint density at radius 2 is 1.95 bits per heavy atom. The molecule has 0 amide bonds. The van der Waals surface area contributed by atoms with E-state index in [2.05, 4.69) is 0 Å². The first-order valence-corrected chi connectivity index (χ1v) is 7.10. The third-order valence-corrected chi connectivity index (χ3v) is 3.48. The largest absolute Gasteiger partial charge is 0.381 e. The summed E-state index contributed by atoms with van der Waals surface area (Å²) < 4.78 is 11.0. The summed E-state index contributed by atoms with van der Waals surface area (Å²) in [6, 6.07) is 9.45. The second-order valence-electron chi connectivity index (χ2n) is 5.02. The number of Topliss-reactive ketones (excluding diaryl/α,β-unsaturated/α-hetero) is 1. The van der Waals surface area contributed by atoms with Gasteiger partial charge in [0.05, 0.1) is 0 Å². The molecule has 0 saturated carbocycles. The van der Waals surface area contributed by atoms with Crippen LogP contribution in [0.1, 0.15) is 36.0 Å². The van der Waals surface area contributed by atoms with Crippen molar-refractivity contribution in [3.05, 3.63) is 35.9 Å². The fraction of sp³-hybridized carbons (Fsp3) is 0.562. The van der Waals surface area contributed by atoms with Crippen LogP contribution in [0, 0.1) is 5.92 Å². The van der Waals surface area contributed by atoms with Gasteiger partial charge in [-0.2, -0.15) is 0 Å². The average molecular weight is 262 g/mol. The Labute approximate surface area is 114 Å². The third-order valence-electron chi connectivity index (χ3n) is 3.48. The highest BCUT2D eigenvalue weighted by Gasteiger charge is 2.13. The van der Waals surface area contributed by atoms with E-state index in [1.807, 2.05) is 30.3 Å². The van der Waals surface area contributed by atoms with Crippen molar-refractivity contribution in [1.82, 2.24) is 0 Å². The van der Waals surface area contributed by atoms with Crippen LogP contribution < -0.4 is 0 Å². The number of ketones is 1. The SMILES string of the molecule is O=C(CCCOCC1CCOCC1)c1ccccc1. The van der Waals surface area contributed by atoms with Gasteiger partial charge in [-0.1, -0.05) is 30.3 Å². The minimum absolute atomic E-state index is 0.204. The summed E-state index contributed by atoms with van der Waals surface area (Å²) in [6.45, 7) is 3.21. The molecule has 1 fully saturated rings. The van der Waals surface area contributed by atoms with Gasteiger partial charge in [-0.3, -0.25) is 4.79 Å². The molecule has 1 aliphatic rings. The highest BCUT2D eigenvalue weighted by atomic mass is 16.5. The smallest absolute Gasteiger partial charge is 0.162 e. The highest BCUT2D eigenvalue weighted by Crippen LogP contribution is 2.15. The summed E-state index contributed by atoms with van der Waals surface area (Å²) in [5.74, 6) is 0.842. The van der Waals surface area contributed by atoms with Crippen molar-refractivity contribution in [2.75, 3.05) is 26.4 Å². The molecule has 3 heteroatoms. The van der Waals surface area contributed by atoms with E-state index in [9.17, 15) is 4.79 Å². The van der Waals surface area contributed by atoms with Crippen LogP contribution in [0.4, 0.5) is 0 Å². The van der Waals surface area contributed by atoms with Crippen LogP contribution in [0.5, 0.6) is 0 Å². The maximum absolute atomic E-state index is 11.8. The first-order chi connectivity index (χ1) is 9.36. The van der Waals surface area contributed by atoms with Gasteiger partial charge in [-0.15, -0.1) is 0 Å². The molecule has 104 valence electrons. The maximum Gasteiger partial charge on any atom is 0.162 e. The Balaban J connectivity index is 1.55. The molecule has 0 radical (unpaired) electrons. The van der Waals surface area contributed by atoms with Gasteiger partial charge in [0.25, 0.3) is 0 Å². The lowest BCUT2D eigenvalue weighted by Crippen LogP contribution is -2.20. The average Bonchev–Trinajstić information content (AvgIpc) is 2.49. The number of carbonyl (C=O) groups is 1. The number of ether oxygens (including phenoxy) is 2. The molecule has 1 saturated heterocycles. The van der Waals surface area contributed by atoms with Crippen LogP contribution in [0.15, 0.2) is 30.3 Å². The van der Waals surface area contributed by atoms with Gasteiger partial charge < -0.3 is 9.47 Å². The van der Waals surface area contributed by atoms with E-state index in [1.54, 1.807) is 0 Å². The minimum atomic E-state index is 0.204. The predicted octanol–water partition coefficient (Wildman–Crippen LogP) is 3.09. The van der Waals surface area contributed by atoms with Gasteiger partial charge in [0.1, 0.15) is 0 Å². The van der Waals surface area contributed by atoms with Gasteiger partial charge in [0.15, 0.2) is 5.78 Å². The lowest BCUT2D eigenvalue weighted by molar-refractivity contribution is 0.0199. The molecule has 2 rings (SSSR count). The fourth-order valence-electron chi connectivity index (χ4n) is 2.27. The molecule has 1 aromatic rings. The standard InChI is InChI=1S/C16H22O3/c17-16(15-5-2-1-3-6-15)7-4-10-19-13-14-8-11-18-12-9-14/h1-3,5-6,14H,4,7-13H2. The van der Waals surface area contributed by atoms with E-state index in [1.165, 1.54) is 0 Å². The van der Waals surface area contributed by atoms with Crippen LogP contribution in [0.3, 0.4) is 0 Å². The molecule has 19 heavy (non-hydrogen) atoms. The normalized spacial score (nSPS) is 16.4. The van der Waals surface area contributed by atoms with Crippen LogP contribution in [0.25, 0.3) is 0 Å². The molecule has 0 spiro atoms. The summed E-state index contributed by atoms with van der Waals surface area (Å²) in [5.41, 5.74) is 0.798. The highest BCUT2D eigenvalue weighted by molar-refractivity contribution is 5.95. The molecule has 1 aliphatic heterocycles. The molecule has 0 atom stereocenters. The molecule has 0 aliphatic carbocycles. The molecule has 3 nitrogen and oxygen atoms in total. The lowest BCUT2D eigenvalue weighted by Gasteiger charge is -2.21. The van der Waals surface area contributed by atoms with Crippen molar-refractivity contribution >= 4 is 5.78 Å². The van der Waals surface area contributed by atoms with Gasteiger partial charge in [0.2, 0.25) is 0 Å². The lowest BCUT2D eigenvalue weighted by atomic mass is 10.0. The molecular formula is C16H22O3. The predicted molar refractivity (Wildman–Crippen MR) is 74.4 cm³/mol. The zero-order chi connectivity index (χ0) is 13.3. The summed E-state index contributed by atoms with van der Waals surface area (Å²) in [4.78, 5) is 11.8. The molecule has 0 bridgehead atoms. The number of hydrogen-bond donors (Lipinski definition) is 0. The van der Waals surface area contributed by atoms with Crippen molar-refractivity contribution in [3.8, 4) is 0 Å².